The van der Waals surface area contributed by atoms with Crippen LogP contribution in [0.15, 0.2) is 11.6 Å². The molecule has 0 amide bonds. The summed E-state index contributed by atoms with van der Waals surface area (Å²) in [5.41, 5.74) is 0.449. The van der Waals surface area contributed by atoms with E-state index in [1.807, 2.05) is 0 Å². The van der Waals surface area contributed by atoms with Gasteiger partial charge >= 0.3 is 17.9 Å². The molecular formula is C10H10O5. The van der Waals surface area contributed by atoms with Crippen LogP contribution >= 0.6 is 0 Å². The molecule has 0 spiro atoms. The third-order valence-electron chi connectivity index (χ3n) is 2.80. The minimum absolute atomic E-state index is 0.238. The molecule has 15 heavy (non-hydrogen) atoms. The molecule has 0 aromatic heterocycles. The third-order valence-corrected chi connectivity index (χ3v) is 2.80. The van der Waals surface area contributed by atoms with Crippen molar-refractivity contribution in [2.24, 2.45) is 11.8 Å². The summed E-state index contributed by atoms with van der Waals surface area (Å²) in [5.74, 6) is -2.37. The fraction of sp³-hybridized carbons (Fsp3) is 0.500. The molecule has 80 valence electrons. The molecule has 1 aliphatic heterocycles. The van der Waals surface area contributed by atoms with E-state index in [9.17, 15) is 14.4 Å². The van der Waals surface area contributed by atoms with E-state index in [0.29, 0.717) is 12.0 Å². The number of allylic oxidation sites excluding steroid dienone is 1. The van der Waals surface area contributed by atoms with Crippen LogP contribution in [0.3, 0.4) is 0 Å². The summed E-state index contributed by atoms with van der Waals surface area (Å²) in [6.07, 6.45) is 2.26. The summed E-state index contributed by atoms with van der Waals surface area (Å²) in [6, 6.07) is 0. The van der Waals surface area contributed by atoms with Gasteiger partial charge in [0.1, 0.15) is 0 Å². The fourth-order valence-electron chi connectivity index (χ4n) is 1.95. The van der Waals surface area contributed by atoms with Gasteiger partial charge in [-0.15, -0.1) is 0 Å². The minimum atomic E-state index is -0.528. The number of hydrogen-bond acceptors (Lipinski definition) is 5. The Bertz CT molecular complexity index is 368. The summed E-state index contributed by atoms with van der Waals surface area (Å²) in [6.45, 7) is 0. The first-order chi connectivity index (χ1) is 7.13. The Morgan fingerprint density at radius 3 is 2.73 bits per heavy atom. The second kappa shape index (κ2) is 3.49. The molecule has 0 unspecified atom stereocenters. The lowest BCUT2D eigenvalue weighted by molar-refractivity contribution is -0.153. The maximum atomic E-state index is 11.3. The zero-order valence-corrected chi connectivity index (χ0v) is 8.19. The molecule has 1 heterocycles. The van der Waals surface area contributed by atoms with Gasteiger partial charge in [0.05, 0.1) is 18.9 Å². The van der Waals surface area contributed by atoms with Crippen molar-refractivity contribution in [3.8, 4) is 0 Å². The Hall–Kier alpha value is -1.65. The molecule has 2 aliphatic rings. The SMILES string of the molecule is COC(=O)C1=CC[C@H]2C(=O)OC(=O)[C@H]2C1. The maximum absolute atomic E-state index is 11.3. The fourth-order valence-corrected chi connectivity index (χ4v) is 1.95. The molecule has 1 fully saturated rings. The normalized spacial score (nSPS) is 29.3. The molecular weight excluding hydrogens is 200 g/mol. The zero-order chi connectivity index (χ0) is 11.0. The van der Waals surface area contributed by atoms with Crippen molar-refractivity contribution in [2.75, 3.05) is 7.11 Å². The van der Waals surface area contributed by atoms with Crippen LogP contribution in [0.1, 0.15) is 12.8 Å². The van der Waals surface area contributed by atoms with Crippen molar-refractivity contribution < 1.29 is 23.9 Å². The molecule has 0 saturated carbocycles. The van der Waals surface area contributed by atoms with E-state index >= 15 is 0 Å². The molecule has 5 nitrogen and oxygen atoms in total. The van der Waals surface area contributed by atoms with Crippen LogP contribution < -0.4 is 0 Å². The van der Waals surface area contributed by atoms with Gasteiger partial charge in [-0.2, -0.15) is 0 Å². The predicted octanol–water partition coefficient (Wildman–Crippen LogP) is 0.195. The lowest BCUT2D eigenvalue weighted by Gasteiger charge is -2.18. The van der Waals surface area contributed by atoms with Crippen LogP contribution in [0.4, 0.5) is 0 Å². The minimum Gasteiger partial charge on any atom is -0.466 e. The number of cyclic esters (lactones) is 2. The zero-order valence-electron chi connectivity index (χ0n) is 8.19. The number of carbonyl (C=O) groups excluding carboxylic acids is 3. The molecule has 2 rings (SSSR count). The van der Waals surface area contributed by atoms with E-state index < -0.39 is 29.7 Å². The van der Waals surface area contributed by atoms with Gasteiger partial charge in [0.15, 0.2) is 0 Å². The highest BCUT2D eigenvalue weighted by Crippen LogP contribution is 2.36. The van der Waals surface area contributed by atoms with E-state index in [1.165, 1.54) is 7.11 Å². The topological polar surface area (TPSA) is 69.7 Å². The first kappa shape index (κ1) is 9.89. The first-order valence-corrected chi connectivity index (χ1v) is 4.66. The molecule has 0 N–H and O–H groups in total. The Kier molecular flexibility index (Phi) is 2.30. The monoisotopic (exact) mass is 210 g/mol. The van der Waals surface area contributed by atoms with Gasteiger partial charge in [-0.25, -0.2) is 4.79 Å². The van der Waals surface area contributed by atoms with E-state index in [-0.39, 0.29) is 6.42 Å². The second-order valence-electron chi connectivity index (χ2n) is 3.61. The maximum Gasteiger partial charge on any atom is 0.333 e. The van der Waals surface area contributed by atoms with E-state index in [1.54, 1.807) is 6.08 Å². The van der Waals surface area contributed by atoms with E-state index in [4.69, 9.17) is 0 Å². The Morgan fingerprint density at radius 1 is 1.40 bits per heavy atom. The molecule has 5 heteroatoms. The molecule has 0 aromatic carbocycles. The van der Waals surface area contributed by atoms with Crippen molar-refractivity contribution >= 4 is 17.9 Å². The number of ether oxygens (including phenoxy) is 2. The number of hydrogen-bond donors (Lipinski definition) is 0. The van der Waals surface area contributed by atoms with Crippen molar-refractivity contribution in [1.82, 2.24) is 0 Å². The first-order valence-electron chi connectivity index (χ1n) is 4.66. The highest BCUT2D eigenvalue weighted by molar-refractivity contribution is 5.99. The van der Waals surface area contributed by atoms with Gasteiger partial charge in [-0.3, -0.25) is 9.59 Å². The van der Waals surface area contributed by atoms with Crippen LogP contribution in [0.5, 0.6) is 0 Å². The number of esters is 3. The van der Waals surface area contributed by atoms with Crippen LogP contribution in [0.2, 0.25) is 0 Å². The van der Waals surface area contributed by atoms with Crippen molar-refractivity contribution in [3.05, 3.63) is 11.6 Å². The number of fused-ring (bicyclic) bond motifs is 1. The summed E-state index contributed by atoms with van der Waals surface area (Å²) in [4.78, 5) is 33.6. The van der Waals surface area contributed by atoms with E-state index in [0.717, 1.165) is 0 Å². The molecule has 2 atom stereocenters. The molecule has 0 aromatic rings. The van der Waals surface area contributed by atoms with Gasteiger partial charge < -0.3 is 9.47 Å². The van der Waals surface area contributed by atoms with Crippen molar-refractivity contribution in [1.29, 1.82) is 0 Å². The van der Waals surface area contributed by atoms with Gasteiger partial charge in [0.2, 0.25) is 0 Å². The van der Waals surface area contributed by atoms with Crippen molar-refractivity contribution in [3.63, 3.8) is 0 Å². The Balaban J connectivity index is 2.19. The van der Waals surface area contributed by atoms with E-state index in [2.05, 4.69) is 9.47 Å². The molecule has 1 aliphatic carbocycles. The van der Waals surface area contributed by atoms with Crippen LogP contribution in [-0.2, 0) is 23.9 Å². The van der Waals surface area contributed by atoms with Gasteiger partial charge in [-0.1, -0.05) is 6.08 Å². The highest BCUT2D eigenvalue weighted by atomic mass is 16.6. The molecule has 0 bridgehead atoms. The second-order valence-corrected chi connectivity index (χ2v) is 3.61. The lowest BCUT2D eigenvalue weighted by atomic mass is 9.81. The average molecular weight is 210 g/mol. The van der Waals surface area contributed by atoms with Crippen molar-refractivity contribution in [2.45, 2.75) is 12.8 Å². The van der Waals surface area contributed by atoms with Gasteiger partial charge in [0.25, 0.3) is 0 Å². The highest BCUT2D eigenvalue weighted by Gasteiger charge is 2.46. The Labute approximate surface area is 86.0 Å². The summed E-state index contributed by atoms with van der Waals surface area (Å²) < 4.78 is 9.06. The number of methoxy groups -OCH3 is 1. The number of rotatable bonds is 1. The molecule has 1 saturated heterocycles. The van der Waals surface area contributed by atoms with Gasteiger partial charge in [-0.05, 0) is 12.8 Å². The van der Waals surface area contributed by atoms with Crippen LogP contribution in [-0.4, -0.2) is 25.0 Å². The molecule has 0 radical (unpaired) electrons. The Morgan fingerprint density at radius 2 is 2.07 bits per heavy atom. The standard InChI is InChI=1S/C10H10O5/c1-14-8(11)5-2-3-6-7(4-5)10(13)15-9(6)12/h2,6-7H,3-4H2,1H3/t6-,7+/m1/s1. The number of carbonyl (C=O) groups is 3. The largest absolute Gasteiger partial charge is 0.466 e. The lowest BCUT2D eigenvalue weighted by Crippen LogP contribution is -2.24. The third kappa shape index (κ3) is 1.54. The quantitative estimate of drug-likeness (QED) is 0.456. The van der Waals surface area contributed by atoms with Crippen LogP contribution in [0, 0.1) is 11.8 Å². The predicted molar refractivity (Wildman–Crippen MR) is 47.4 cm³/mol. The summed E-state index contributed by atoms with van der Waals surface area (Å²) in [7, 11) is 1.29. The van der Waals surface area contributed by atoms with Crippen LogP contribution in [0.25, 0.3) is 0 Å². The summed E-state index contributed by atoms with van der Waals surface area (Å²) >= 11 is 0. The smallest absolute Gasteiger partial charge is 0.333 e. The van der Waals surface area contributed by atoms with Gasteiger partial charge in [0, 0.05) is 5.57 Å². The average Bonchev–Trinajstić information content (AvgIpc) is 2.53. The summed E-state index contributed by atoms with van der Waals surface area (Å²) in [5, 5.41) is 0.